The van der Waals surface area contributed by atoms with E-state index in [2.05, 4.69) is 4.90 Å². The summed E-state index contributed by atoms with van der Waals surface area (Å²) < 4.78 is 13.1. The van der Waals surface area contributed by atoms with Gasteiger partial charge in [-0.2, -0.15) is 0 Å². The number of hydrogen-bond donors (Lipinski definition) is 1. The van der Waals surface area contributed by atoms with Crippen molar-refractivity contribution < 1.29 is 9.18 Å². The zero-order valence-electron chi connectivity index (χ0n) is 15.1. The van der Waals surface area contributed by atoms with Gasteiger partial charge in [0.05, 0.1) is 6.04 Å². The lowest BCUT2D eigenvalue weighted by atomic mass is 10.1. The number of amides is 1. The van der Waals surface area contributed by atoms with Crippen LogP contribution in [0, 0.1) is 5.82 Å². The first kappa shape index (κ1) is 23.2. The molecule has 2 aromatic rings. The van der Waals surface area contributed by atoms with Crippen LogP contribution in [0.25, 0.3) is 0 Å². The van der Waals surface area contributed by atoms with Gasteiger partial charge in [-0.1, -0.05) is 30.3 Å². The first-order valence-corrected chi connectivity index (χ1v) is 8.72. The monoisotopic (exact) mass is 413 g/mol. The molecular weight excluding hydrogens is 388 g/mol. The summed E-state index contributed by atoms with van der Waals surface area (Å²) in [5.41, 5.74) is 8.21. The molecule has 2 aromatic carbocycles. The molecule has 1 fully saturated rings. The molecule has 27 heavy (non-hydrogen) atoms. The third kappa shape index (κ3) is 6.38. The number of halogens is 3. The van der Waals surface area contributed by atoms with Crippen LogP contribution in [0.5, 0.6) is 0 Å². The minimum atomic E-state index is -0.514. The van der Waals surface area contributed by atoms with Crippen molar-refractivity contribution in [1.82, 2.24) is 4.90 Å². The van der Waals surface area contributed by atoms with E-state index in [0.29, 0.717) is 19.5 Å². The van der Waals surface area contributed by atoms with E-state index in [9.17, 15) is 9.18 Å². The highest BCUT2D eigenvalue weighted by Gasteiger charge is 2.24. The number of nitrogens with zero attached hydrogens (tertiary/aromatic N) is 2. The molecule has 0 aromatic heterocycles. The van der Waals surface area contributed by atoms with Crippen LogP contribution in [-0.2, 0) is 11.2 Å². The quantitative estimate of drug-likeness (QED) is 0.836. The molecular formula is C20H26Cl2FN3O. The molecule has 4 nitrogen and oxygen atoms in total. The maximum absolute atomic E-state index is 13.1. The summed E-state index contributed by atoms with van der Waals surface area (Å²) in [5, 5.41) is 0. The standard InChI is InChI=1S/C20H24FN3O.2ClH/c21-17-7-9-18(10-8-17)23-11-4-12-24(14-13-23)20(25)19(22)15-16-5-2-1-3-6-16;;/h1-3,5-10,19H,4,11-15,22H2;2*1H/t19-;;/m1../s1. The van der Waals surface area contributed by atoms with Crippen molar-refractivity contribution in [3.05, 3.63) is 66.0 Å². The maximum Gasteiger partial charge on any atom is 0.239 e. The first-order valence-electron chi connectivity index (χ1n) is 8.72. The lowest BCUT2D eigenvalue weighted by Gasteiger charge is -2.25. The predicted molar refractivity (Wildman–Crippen MR) is 112 cm³/mol. The van der Waals surface area contributed by atoms with E-state index in [1.165, 1.54) is 12.1 Å². The van der Waals surface area contributed by atoms with Crippen LogP contribution in [0.15, 0.2) is 54.6 Å². The van der Waals surface area contributed by atoms with Gasteiger partial charge in [-0.15, -0.1) is 24.8 Å². The van der Waals surface area contributed by atoms with Crippen LogP contribution in [0.1, 0.15) is 12.0 Å². The summed E-state index contributed by atoms with van der Waals surface area (Å²) >= 11 is 0. The fourth-order valence-corrected chi connectivity index (χ4v) is 3.24. The zero-order chi connectivity index (χ0) is 17.6. The summed E-state index contributed by atoms with van der Waals surface area (Å²) in [5.74, 6) is -0.230. The van der Waals surface area contributed by atoms with Crippen molar-refractivity contribution >= 4 is 36.4 Å². The number of anilines is 1. The topological polar surface area (TPSA) is 49.6 Å². The molecule has 148 valence electrons. The molecule has 1 amide bonds. The SMILES string of the molecule is Cl.Cl.N[C@H](Cc1ccccc1)C(=O)N1CCCN(c2ccc(F)cc2)CC1. The highest BCUT2D eigenvalue weighted by molar-refractivity contribution is 5.85. The predicted octanol–water partition coefficient (Wildman–Crippen LogP) is 3.28. The number of carbonyl (C=O) groups excluding carboxylic acids is 1. The van der Waals surface area contributed by atoms with Gasteiger partial charge in [0, 0.05) is 31.9 Å². The van der Waals surface area contributed by atoms with Gasteiger partial charge in [-0.25, -0.2) is 4.39 Å². The fourth-order valence-electron chi connectivity index (χ4n) is 3.24. The Morgan fingerprint density at radius 1 is 0.963 bits per heavy atom. The van der Waals surface area contributed by atoms with Crippen LogP contribution in [0.4, 0.5) is 10.1 Å². The molecule has 0 aliphatic carbocycles. The van der Waals surface area contributed by atoms with Crippen molar-refractivity contribution in [3.63, 3.8) is 0 Å². The normalized spacial score (nSPS) is 15.2. The Hall–Kier alpha value is -1.82. The van der Waals surface area contributed by atoms with Crippen molar-refractivity contribution in [1.29, 1.82) is 0 Å². The third-order valence-electron chi connectivity index (χ3n) is 4.61. The van der Waals surface area contributed by atoms with Crippen LogP contribution >= 0.6 is 24.8 Å². The minimum Gasteiger partial charge on any atom is -0.370 e. The second-order valence-electron chi connectivity index (χ2n) is 6.44. The average molecular weight is 414 g/mol. The Bertz CT molecular complexity index is 700. The molecule has 1 atom stereocenters. The van der Waals surface area contributed by atoms with Gasteiger partial charge in [-0.3, -0.25) is 4.79 Å². The largest absolute Gasteiger partial charge is 0.370 e. The molecule has 7 heteroatoms. The van der Waals surface area contributed by atoms with Crippen molar-refractivity contribution in [3.8, 4) is 0 Å². The molecule has 0 saturated carbocycles. The summed E-state index contributed by atoms with van der Waals surface area (Å²) in [6.45, 7) is 2.93. The van der Waals surface area contributed by atoms with Crippen molar-refractivity contribution in [2.24, 2.45) is 5.73 Å². The van der Waals surface area contributed by atoms with Crippen LogP contribution in [-0.4, -0.2) is 43.0 Å². The van der Waals surface area contributed by atoms with Crippen LogP contribution in [0.3, 0.4) is 0 Å². The molecule has 0 unspecified atom stereocenters. The van der Waals surface area contributed by atoms with E-state index in [4.69, 9.17) is 5.73 Å². The van der Waals surface area contributed by atoms with Gasteiger partial charge in [-0.05, 0) is 42.7 Å². The fraction of sp³-hybridized carbons (Fsp3) is 0.350. The Morgan fingerprint density at radius 3 is 2.30 bits per heavy atom. The molecule has 2 N–H and O–H groups in total. The van der Waals surface area contributed by atoms with Crippen molar-refractivity contribution in [2.75, 3.05) is 31.1 Å². The van der Waals surface area contributed by atoms with Crippen LogP contribution in [0.2, 0.25) is 0 Å². The van der Waals surface area contributed by atoms with E-state index in [-0.39, 0.29) is 36.5 Å². The lowest BCUT2D eigenvalue weighted by Crippen LogP contribution is -2.46. The number of carbonyl (C=O) groups is 1. The van der Waals surface area contributed by atoms with Gasteiger partial charge in [0.15, 0.2) is 0 Å². The third-order valence-corrected chi connectivity index (χ3v) is 4.61. The van der Waals surface area contributed by atoms with Gasteiger partial charge in [0.2, 0.25) is 5.91 Å². The molecule has 0 radical (unpaired) electrons. The Kier molecular flexibility index (Phi) is 9.56. The Labute approximate surface area is 172 Å². The molecule has 0 bridgehead atoms. The number of benzene rings is 2. The van der Waals surface area contributed by atoms with Gasteiger partial charge >= 0.3 is 0 Å². The molecule has 0 spiro atoms. The van der Waals surface area contributed by atoms with E-state index in [0.717, 1.165) is 30.8 Å². The summed E-state index contributed by atoms with van der Waals surface area (Å²) in [7, 11) is 0. The van der Waals surface area contributed by atoms with E-state index in [1.807, 2.05) is 35.2 Å². The number of nitrogens with two attached hydrogens (primary N) is 1. The molecule has 3 rings (SSSR count). The van der Waals surface area contributed by atoms with Crippen LogP contribution < -0.4 is 10.6 Å². The summed E-state index contributed by atoms with van der Waals surface area (Å²) in [6, 6.07) is 15.9. The number of rotatable bonds is 4. The number of hydrogen-bond acceptors (Lipinski definition) is 3. The van der Waals surface area contributed by atoms with Gasteiger partial charge in [0.1, 0.15) is 5.82 Å². The van der Waals surface area contributed by atoms with E-state index < -0.39 is 6.04 Å². The maximum atomic E-state index is 13.1. The zero-order valence-corrected chi connectivity index (χ0v) is 16.7. The highest BCUT2D eigenvalue weighted by atomic mass is 35.5. The van der Waals surface area contributed by atoms with Gasteiger partial charge in [0.25, 0.3) is 0 Å². The smallest absolute Gasteiger partial charge is 0.239 e. The van der Waals surface area contributed by atoms with Gasteiger partial charge < -0.3 is 15.5 Å². The summed E-state index contributed by atoms with van der Waals surface area (Å²) in [6.07, 6.45) is 1.43. The molecule has 1 aliphatic rings. The Morgan fingerprint density at radius 2 is 1.63 bits per heavy atom. The molecule has 1 aliphatic heterocycles. The highest BCUT2D eigenvalue weighted by Crippen LogP contribution is 2.17. The lowest BCUT2D eigenvalue weighted by molar-refractivity contribution is -0.132. The minimum absolute atomic E-state index is 0. The second kappa shape index (κ2) is 11.1. The first-order chi connectivity index (χ1) is 12.1. The second-order valence-corrected chi connectivity index (χ2v) is 6.44. The van der Waals surface area contributed by atoms with Crippen molar-refractivity contribution in [2.45, 2.75) is 18.9 Å². The molecule has 1 heterocycles. The van der Waals surface area contributed by atoms with E-state index >= 15 is 0 Å². The van der Waals surface area contributed by atoms with E-state index in [1.54, 1.807) is 12.1 Å². The molecule has 1 saturated heterocycles. The Balaban J connectivity index is 0.00000182. The average Bonchev–Trinajstić information content (AvgIpc) is 2.89. The summed E-state index contributed by atoms with van der Waals surface area (Å²) in [4.78, 5) is 16.7.